The van der Waals surface area contributed by atoms with Crippen molar-refractivity contribution in [3.05, 3.63) is 18.0 Å². The average molecular weight is 207 g/mol. The molecule has 4 nitrogen and oxygen atoms in total. The van der Waals surface area contributed by atoms with E-state index in [-0.39, 0.29) is 6.61 Å². The van der Waals surface area contributed by atoms with E-state index in [9.17, 15) is 0 Å². The number of anilines is 1. The number of aliphatic hydroxyl groups excluding tert-OH is 1. The predicted molar refractivity (Wildman–Crippen MR) is 58.6 cm³/mol. The normalized spacial score (nSPS) is 19.5. The molecule has 0 unspecified atom stereocenters. The van der Waals surface area contributed by atoms with Crippen LogP contribution in [0.1, 0.15) is 25.8 Å². The second-order valence-corrected chi connectivity index (χ2v) is 4.89. The number of nitrogens with zero attached hydrogens (tertiary/aromatic N) is 3. The summed E-state index contributed by atoms with van der Waals surface area (Å²) in [6.07, 6.45) is 4.55. The zero-order valence-electron chi connectivity index (χ0n) is 9.27. The minimum absolute atomic E-state index is 0.00573. The molecule has 4 heteroatoms. The Morgan fingerprint density at radius 3 is 2.53 bits per heavy atom. The smallest absolute Gasteiger partial charge is 0.225 e. The van der Waals surface area contributed by atoms with Crippen LogP contribution in [0.2, 0.25) is 0 Å². The Morgan fingerprint density at radius 2 is 2.07 bits per heavy atom. The van der Waals surface area contributed by atoms with Crippen molar-refractivity contribution in [3.63, 3.8) is 0 Å². The standard InChI is InChI=1S/C11H17N3O/c1-11(2)3-4-14(8-11)10-12-5-9(7-15)6-13-10/h5-6,15H,3-4,7-8H2,1-2H3. The lowest BCUT2D eigenvalue weighted by Crippen LogP contribution is -2.24. The van der Waals surface area contributed by atoms with Crippen molar-refractivity contribution < 1.29 is 5.11 Å². The highest BCUT2D eigenvalue weighted by Gasteiger charge is 2.30. The maximum atomic E-state index is 8.88. The highest BCUT2D eigenvalue weighted by molar-refractivity contribution is 5.32. The molecule has 0 radical (unpaired) electrons. The topological polar surface area (TPSA) is 49.2 Å². The third kappa shape index (κ3) is 2.26. The first-order chi connectivity index (χ1) is 7.11. The van der Waals surface area contributed by atoms with Crippen molar-refractivity contribution in [1.82, 2.24) is 9.97 Å². The van der Waals surface area contributed by atoms with Gasteiger partial charge in [-0.1, -0.05) is 13.8 Å². The van der Waals surface area contributed by atoms with Gasteiger partial charge < -0.3 is 10.0 Å². The van der Waals surface area contributed by atoms with Gasteiger partial charge in [-0.05, 0) is 11.8 Å². The number of aliphatic hydroxyl groups is 1. The van der Waals surface area contributed by atoms with Crippen molar-refractivity contribution in [2.45, 2.75) is 26.9 Å². The molecule has 2 heterocycles. The van der Waals surface area contributed by atoms with Gasteiger partial charge in [0.25, 0.3) is 0 Å². The van der Waals surface area contributed by atoms with E-state index in [0.717, 1.165) is 24.6 Å². The van der Waals surface area contributed by atoms with Crippen LogP contribution in [-0.4, -0.2) is 28.2 Å². The SMILES string of the molecule is CC1(C)CCN(c2ncc(CO)cn2)C1. The number of aromatic nitrogens is 2. The van der Waals surface area contributed by atoms with Gasteiger partial charge in [0.15, 0.2) is 0 Å². The van der Waals surface area contributed by atoms with Crippen LogP contribution in [0.3, 0.4) is 0 Å². The lowest BCUT2D eigenvalue weighted by Gasteiger charge is -2.19. The Bertz CT molecular complexity index is 334. The van der Waals surface area contributed by atoms with E-state index in [2.05, 4.69) is 28.7 Å². The Kier molecular flexibility index (Phi) is 2.61. The molecule has 1 N–H and O–H groups in total. The molecule has 1 fully saturated rings. The van der Waals surface area contributed by atoms with Crippen LogP contribution >= 0.6 is 0 Å². The molecule has 2 rings (SSSR count). The Hall–Kier alpha value is -1.16. The van der Waals surface area contributed by atoms with Crippen molar-refractivity contribution in [2.75, 3.05) is 18.0 Å². The zero-order chi connectivity index (χ0) is 10.9. The molecular formula is C11H17N3O. The van der Waals surface area contributed by atoms with E-state index in [0.29, 0.717) is 5.41 Å². The van der Waals surface area contributed by atoms with Gasteiger partial charge in [0.1, 0.15) is 0 Å². The molecule has 0 aliphatic carbocycles. The first-order valence-corrected chi connectivity index (χ1v) is 5.27. The van der Waals surface area contributed by atoms with Crippen LogP contribution in [0.25, 0.3) is 0 Å². The summed E-state index contributed by atoms with van der Waals surface area (Å²) in [7, 11) is 0. The quantitative estimate of drug-likeness (QED) is 0.791. The van der Waals surface area contributed by atoms with Crippen molar-refractivity contribution in [2.24, 2.45) is 5.41 Å². The van der Waals surface area contributed by atoms with E-state index in [1.54, 1.807) is 12.4 Å². The van der Waals surface area contributed by atoms with Gasteiger partial charge in [0.05, 0.1) is 6.61 Å². The first kappa shape index (κ1) is 10.4. The highest BCUT2D eigenvalue weighted by Crippen LogP contribution is 2.30. The molecule has 1 saturated heterocycles. The minimum atomic E-state index is 0.00573. The molecule has 0 bridgehead atoms. The van der Waals surface area contributed by atoms with Gasteiger partial charge in [-0.25, -0.2) is 9.97 Å². The molecular weight excluding hydrogens is 190 g/mol. The molecule has 1 aliphatic rings. The van der Waals surface area contributed by atoms with Crippen molar-refractivity contribution in [1.29, 1.82) is 0 Å². The predicted octanol–water partition coefficient (Wildman–Crippen LogP) is 1.21. The lowest BCUT2D eigenvalue weighted by molar-refractivity contribution is 0.281. The van der Waals surface area contributed by atoms with Crippen molar-refractivity contribution >= 4 is 5.95 Å². The maximum absolute atomic E-state index is 8.88. The Balaban J connectivity index is 2.11. The Morgan fingerprint density at radius 1 is 1.40 bits per heavy atom. The second-order valence-electron chi connectivity index (χ2n) is 4.89. The fraction of sp³-hybridized carbons (Fsp3) is 0.636. The maximum Gasteiger partial charge on any atom is 0.225 e. The summed E-state index contributed by atoms with van der Waals surface area (Å²) in [6, 6.07) is 0. The number of hydrogen-bond donors (Lipinski definition) is 1. The molecule has 0 aromatic carbocycles. The van der Waals surface area contributed by atoms with Gasteiger partial charge in [0, 0.05) is 31.0 Å². The van der Waals surface area contributed by atoms with E-state index < -0.39 is 0 Å². The van der Waals surface area contributed by atoms with Gasteiger partial charge in [-0.3, -0.25) is 0 Å². The van der Waals surface area contributed by atoms with E-state index >= 15 is 0 Å². The summed E-state index contributed by atoms with van der Waals surface area (Å²) in [5.74, 6) is 0.776. The average Bonchev–Trinajstić information content (AvgIpc) is 2.59. The van der Waals surface area contributed by atoms with Crippen molar-refractivity contribution in [3.8, 4) is 0 Å². The summed E-state index contributed by atoms with van der Waals surface area (Å²) < 4.78 is 0. The summed E-state index contributed by atoms with van der Waals surface area (Å²) in [5, 5.41) is 8.88. The summed E-state index contributed by atoms with van der Waals surface area (Å²) in [4.78, 5) is 10.7. The highest BCUT2D eigenvalue weighted by atomic mass is 16.3. The van der Waals surface area contributed by atoms with Crippen LogP contribution in [0.4, 0.5) is 5.95 Å². The van der Waals surface area contributed by atoms with Crippen LogP contribution in [0, 0.1) is 5.41 Å². The van der Waals surface area contributed by atoms with Crippen LogP contribution < -0.4 is 4.90 Å². The molecule has 0 saturated carbocycles. The first-order valence-electron chi connectivity index (χ1n) is 5.27. The summed E-state index contributed by atoms with van der Waals surface area (Å²) >= 11 is 0. The second kappa shape index (κ2) is 3.77. The van der Waals surface area contributed by atoms with Gasteiger partial charge in [-0.15, -0.1) is 0 Å². The van der Waals surface area contributed by atoms with Gasteiger partial charge >= 0.3 is 0 Å². The van der Waals surface area contributed by atoms with Crippen LogP contribution in [-0.2, 0) is 6.61 Å². The third-order valence-corrected chi connectivity index (χ3v) is 2.83. The molecule has 1 aliphatic heterocycles. The summed E-state index contributed by atoms with van der Waals surface area (Å²) in [6.45, 7) is 6.55. The fourth-order valence-corrected chi connectivity index (χ4v) is 1.88. The number of hydrogen-bond acceptors (Lipinski definition) is 4. The molecule has 82 valence electrons. The molecule has 1 aromatic rings. The monoisotopic (exact) mass is 207 g/mol. The zero-order valence-corrected chi connectivity index (χ0v) is 9.27. The molecule has 15 heavy (non-hydrogen) atoms. The number of rotatable bonds is 2. The largest absolute Gasteiger partial charge is 0.392 e. The Labute approximate surface area is 90.0 Å². The third-order valence-electron chi connectivity index (χ3n) is 2.83. The molecule has 1 aromatic heterocycles. The van der Waals surface area contributed by atoms with Crippen LogP contribution in [0.5, 0.6) is 0 Å². The lowest BCUT2D eigenvalue weighted by atomic mass is 9.93. The molecule has 0 atom stereocenters. The molecule has 0 spiro atoms. The van der Waals surface area contributed by atoms with Crippen LogP contribution in [0.15, 0.2) is 12.4 Å². The molecule has 0 amide bonds. The van der Waals surface area contributed by atoms with E-state index in [1.807, 2.05) is 0 Å². The van der Waals surface area contributed by atoms with E-state index in [4.69, 9.17) is 5.11 Å². The van der Waals surface area contributed by atoms with Gasteiger partial charge in [-0.2, -0.15) is 0 Å². The fourth-order valence-electron chi connectivity index (χ4n) is 1.88. The van der Waals surface area contributed by atoms with E-state index in [1.165, 1.54) is 6.42 Å². The van der Waals surface area contributed by atoms with Gasteiger partial charge in [0.2, 0.25) is 5.95 Å². The summed E-state index contributed by atoms with van der Waals surface area (Å²) in [5.41, 5.74) is 1.12. The minimum Gasteiger partial charge on any atom is -0.392 e.